The fourth-order valence-electron chi connectivity index (χ4n) is 3.33. The molecule has 0 unspecified atom stereocenters. The first-order valence-electron chi connectivity index (χ1n) is 12.4. The first kappa shape index (κ1) is 30.0. The monoisotopic (exact) mass is 563 g/mol. The molecule has 0 bridgehead atoms. The SMILES string of the molecule is COC(C)(C)CCOc1nc(-c2cc(F)cc(OCC(C)C)c2)ccc1C(=O)NS(=O)(=O)c1cccc(C)n1.[HH].[HH]. The third-order valence-corrected chi connectivity index (χ3v) is 6.95. The minimum absolute atomic E-state index is 0. The Balaban J connectivity index is 0.00000420. The van der Waals surface area contributed by atoms with E-state index in [2.05, 4.69) is 9.97 Å². The first-order chi connectivity index (χ1) is 18.3. The van der Waals surface area contributed by atoms with E-state index in [1.54, 1.807) is 26.2 Å². The molecule has 9 nitrogen and oxygen atoms in total. The van der Waals surface area contributed by atoms with Gasteiger partial charge in [-0.05, 0) is 63.1 Å². The number of carbonyl (C=O) groups excluding carboxylic acids is 1. The van der Waals surface area contributed by atoms with Gasteiger partial charge in [-0.15, -0.1) is 0 Å². The van der Waals surface area contributed by atoms with Crippen molar-refractivity contribution in [3.63, 3.8) is 0 Å². The van der Waals surface area contributed by atoms with Crippen LogP contribution in [0.5, 0.6) is 11.6 Å². The van der Waals surface area contributed by atoms with Gasteiger partial charge < -0.3 is 14.2 Å². The smallest absolute Gasteiger partial charge is 0.281 e. The van der Waals surface area contributed by atoms with Crippen molar-refractivity contribution in [2.75, 3.05) is 20.3 Å². The number of hydrogen-bond donors (Lipinski definition) is 1. The van der Waals surface area contributed by atoms with Crippen LogP contribution in [-0.4, -0.2) is 50.2 Å². The molecule has 2 heterocycles. The largest absolute Gasteiger partial charge is 0.493 e. The fraction of sp³-hybridized carbons (Fsp3) is 0.393. The van der Waals surface area contributed by atoms with E-state index in [1.807, 2.05) is 32.4 Å². The zero-order valence-electron chi connectivity index (χ0n) is 22.9. The van der Waals surface area contributed by atoms with Crippen LogP contribution in [-0.2, 0) is 14.8 Å². The van der Waals surface area contributed by atoms with Crippen molar-refractivity contribution >= 4 is 15.9 Å². The van der Waals surface area contributed by atoms with Crippen LogP contribution in [0.3, 0.4) is 0 Å². The van der Waals surface area contributed by atoms with Gasteiger partial charge in [0.25, 0.3) is 15.9 Å². The number of nitrogens with one attached hydrogen (secondary N) is 1. The lowest BCUT2D eigenvalue weighted by Gasteiger charge is -2.22. The minimum Gasteiger partial charge on any atom is -0.493 e. The molecule has 0 aliphatic heterocycles. The predicted molar refractivity (Wildman–Crippen MR) is 149 cm³/mol. The lowest BCUT2D eigenvalue weighted by molar-refractivity contribution is 0.00505. The number of benzene rings is 1. The molecule has 0 atom stereocenters. The standard InChI is InChI=1S/C28H34FN3O6S.2H2/c1-18(2)17-38-22-15-20(14-21(29)16-22)24-11-10-23(27(31-24)37-13-12-28(4,5)36-6)26(33)32-39(34,35)25-9-7-8-19(3)30-25;;/h7-11,14-16,18H,12-13,17H2,1-6H3,(H,32,33);2*1H. The van der Waals surface area contributed by atoms with Gasteiger partial charge in [-0.1, -0.05) is 19.9 Å². The molecule has 1 amide bonds. The molecule has 0 saturated carbocycles. The van der Waals surface area contributed by atoms with Gasteiger partial charge in [0.05, 0.1) is 24.5 Å². The van der Waals surface area contributed by atoms with Gasteiger partial charge in [-0.3, -0.25) is 4.79 Å². The Morgan fingerprint density at radius 3 is 2.51 bits per heavy atom. The topological polar surface area (TPSA) is 117 Å². The van der Waals surface area contributed by atoms with E-state index in [-0.39, 0.29) is 31.8 Å². The summed E-state index contributed by atoms with van der Waals surface area (Å²) < 4.78 is 59.0. The van der Waals surface area contributed by atoms with Gasteiger partial charge in [0.2, 0.25) is 5.88 Å². The lowest BCUT2D eigenvalue weighted by Crippen LogP contribution is -2.32. The molecule has 0 fully saturated rings. The van der Waals surface area contributed by atoms with Gasteiger partial charge in [-0.2, -0.15) is 8.42 Å². The molecular weight excluding hydrogens is 525 g/mol. The summed E-state index contributed by atoms with van der Waals surface area (Å²) in [5, 5.41) is -0.293. The van der Waals surface area contributed by atoms with E-state index >= 15 is 0 Å². The molecule has 0 radical (unpaired) electrons. The second-order valence-electron chi connectivity index (χ2n) is 10.0. The average molecular weight is 564 g/mol. The molecular formula is C28H38FN3O6S. The summed E-state index contributed by atoms with van der Waals surface area (Å²) >= 11 is 0. The predicted octanol–water partition coefficient (Wildman–Crippen LogP) is 5.43. The molecule has 39 heavy (non-hydrogen) atoms. The number of hydrogen-bond acceptors (Lipinski definition) is 8. The minimum atomic E-state index is -4.26. The number of rotatable bonds is 12. The van der Waals surface area contributed by atoms with E-state index in [4.69, 9.17) is 14.2 Å². The molecule has 0 aliphatic rings. The highest BCUT2D eigenvalue weighted by atomic mass is 32.2. The number of nitrogens with zero attached hydrogens (tertiary/aromatic N) is 2. The number of aromatic nitrogens is 2. The highest BCUT2D eigenvalue weighted by Gasteiger charge is 2.25. The number of amides is 1. The Morgan fingerprint density at radius 1 is 1.10 bits per heavy atom. The Labute approximate surface area is 231 Å². The van der Waals surface area contributed by atoms with Crippen molar-refractivity contribution in [3.05, 3.63) is 65.6 Å². The summed E-state index contributed by atoms with van der Waals surface area (Å²) in [5.41, 5.74) is 0.570. The van der Waals surface area contributed by atoms with E-state index in [0.29, 0.717) is 35.7 Å². The van der Waals surface area contributed by atoms with Crippen molar-refractivity contribution in [3.8, 4) is 22.9 Å². The summed E-state index contributed by atoms with van der Waals surface area (Å²) in [7, 11) is -2.69. The van der Waals surface area contributed by atoms with E-state index in [9.17, 15) is 17.6 Å². The van der Waals surface area contributed by atoms with Crippen molar-refractivity contribution in [2.24, 2.45) is 5.92 Å². The van der Waals surface area contributed by atoms with Gasteiger partial charge >= 0.3 is 0 Å². The number of ether oxygens (including phenoxy) is 3. The van der Waals surface area contributed by atoms with Crippen LogP contribution in [0, 0.1) is 18.7 Å². The second kappa shape index (κ2) is 12.5. The van der Waals surface area contributed by atoms with Crippen LogP contribution >= 0.6 is 0 Å². The Morgan fingerprint density at radius 2 is 1.85 bits per heavy atom. The highest BCUT2D eigenvalue weighted by Crippen LogP contribution is 2.28. The molecule has 3 rings (SSSR count). The van der Waals surface area contributed by atoms with Crippen LogP contribution in [0.15, 0.2) is 53.6 Å². The van der Waals surface area contributed by atoms with Crippen LogP contribution < -0.4 is 14.2 Å². The van der Waals surface area contributed by atoms with E-state index in [1.165, 1.54) is 36.4 Å². The molecule has 11 heteroatoms. The second-order valence-corrected chi connectivity index (χ2v) is 11.7. The third kappa shape index (κ3) is 8.46. The molecule has 0 aliphatic carbocycles. The molecule has 1 N–H and O–H groups in total. The summed E-state index contributed by atoms with van der Waals surface area (Å²) in [6, 6.07) is 11.5. The van der Waals surface area contributed by atoms with Crippen LogP contribution in [0.2, 0.25) is 0 Å². The highest BCUT2D eigenvalue weighted by molar-refractivity contribution is 7.90. The number of aryl methyl sites for hydroxylation is 1. The zero-order chi connectivity index (χ0) is 28.8. The molecule has 0 saturated heterocycles. The number of halogens is 1. The van der Waals surface area contributed by atoms with Crippen molar-refractivity contribution in [1.82, 2.24) is 14.7 Å². The normalized spacial score (nSPS) is 11.9. The van der Waals surface area contributed by atoms with Gasteiger partial charge in [0.15, 0.2) is 5.03 Å². The number of sulfonamides is 1. The van der Waals surface area contributed by atoms with Crippen LogP contribution in [0.1, 0.15) is 53.0 Å². The Hall–Kier alpha value is -3.57. The molecule has 0 spiro atoms. The molecule has 214 valence electrons. The molecule has 2 aromatic heterocycles. The first-order valence-corrected chi connectivity index (χ1v) is 13.9. The van der Waals surface area contributed by atoms with Gasteiger partial charge in [0, 0.05) is 33.7 Å². The van der Waals surface area contributed by atoms with E-state index < -0.39 is 27.3 Å². The van der Waals surface area contributed by atoms with Crippen molar-refractivity contribution in [2.45, 2.75) is 51.7 Å². The summed E-state index contributed by atoms with van der Waals surface area (Å²) in [5.74, 6) is -0.994. The lowest BCUT2D eigenvalue weighted by atomic mass is 10.1. The Kier molecular flexibility index (Phi) is 9.63. The third-order valence-electron chi connectivity index (χ3n) is 5.72. The zero-order valence-corrected chi connectivity index (χ0v) is 23.8. The summed E-state index contributed by atoms with van der Waals surface area (Å²) in [4.78, 5) is 21.6. The number of carbonyl (C=O) groups is 1. The Bertz CT molecular complexity index is 1440. The molecule has 3 aromatic rings. The van der Waals surface area contributed by atoms with Crippen LogP contribution in [0.4, 0.5) is 4.39 Å². The average Bonchev–Trinajstić information content (AvgIpc) is 2.86. The van der Waals surface area contributed by atoms with Gasteiger partial charge in [0.1, 0.15) is 17.1 Å². The van der Waals surface area contributed by atoms with E-state index in [0.717, 1.165) is 0 Å². The number of pyridine rings is 2. The summed E-state index contributed by atoms with van der Waals surface area (Å²) in [6.07, 6.45) is 0.454. The maximum atomic E-state index is 14.4. The maximum Gasteiger partial charge on any atom is 0.281 e. The van der Waals surface area contributed by atoms with Crippen LogP contribution in [0.25, 0.3) is 11.3 Å². The maximum absolute atomic E-state index is 14.4. The van der Waals surface area contributed by atoms with Gasteiger partial charge in [-0.25, -0.2) is 19.1 Å². The molecule has 1 aromatic carbocycles. The number of methoxy groups -OCH3 is 1. The fourth-order valence-corrected chi connectivity index (χ4v) is 4.31. The van der Waals surface area contributed by atoms with Crippen molar-refractivity contribution < 1.29 is 34.7 Å². The summed E-state index contributed by atoms with van der Waals surface area (Å²) in [6.45, 7) is 9.88. The van der Waals surface area contributed by atoms with Crippen molar-refractivity contribution in [1.29, 1.82) is 0 Å². The quantitative estimate of drug-likeness (QED) is 0.310.